The highest BCUT2D eigenvalue weighted by Gasteiger charge is 2.26. The molecule has 0 unspecified atom stereocenters. The first-order valence-corrected chi connectivity index (χ1v) is 20.6. The lowest BCUT2D eigenvalue weighted by Gasteiger charge is -2.23. The number of aliphatic hydroxyl groups is 4. The summed E-state index contributed by atoms with van der Waals surface area (Å²) in [6.45, 7) is 7.09. The molecule has 0 rings (SSSR count). The van der Waals surface area contributed by atoms with E-state index in [1.807, 2.05) is 0 Å². The minimum absolute atomic E-state index is 0.339. The van der Waals surface area contributed by atoms with Crippen LogP contribution in [-0.2, 0) is 19.2 Å². The quantitative estimate of drug-likeness (QED) is 0.0299. The fourth-order valence-corrected chi connectivity index (χ4v) is 4.53. The molecule has 0 aliphatic carbocycles. The van der Waals surface area contributed by atoms with Crippen molar-refractivity contribution in [2.75, 3.05) is 26.4 Å². The maximum Gasteiger partial charge on any atom is 0.303 e. The third-order valence-corrected chi connectivity index (χ3v) is 8.32. The van der Waals surface area contributed by atoms with Crippen molar-refractivity contribution in [1.29, 1.82) is 0 Å². The Balaban J connectivity index is -0.000000181. The van der Waals surface area contributed by atoms with Gasteiger partial charge in [-0.1, -0.05) is 156 Å². The van der Waals surface area contributed by atoms with E-state index in [0.717, 1.165) is 51.4 Å². The maximum atomic E-state index is 10.1. The average molecular weight is 769 g/mol. The first kappa shape index (κ1) is 60.0. The summed E-state index contributed by atoms with van der Waals surface area (Å²) in [4.78, 5) is 40.4. The molecular formula is C41H84O12. The van der Waals surface area contributed by atoms with Gasteiger partial charge in [0.25, 0.3) is 0 Å². The van der Waals surface area contributed by atoms with Crippen molar-refractivity contribution in [3.8, 4) is 0 Å². The molecule has 0 aliphatic heterocycles. The highest BCUT2D eigenvalue weighted by Crippen LogP contribution is 2.12. The fraction of sp³-hybridized carbons (Fsp3) is 0.902. The van der Waals surface area contributed by atoms with Crippen LogP contribution in [0.15, 0.2) is 0 Å². The molecule has 0 amide bonds. The van der Waals surface area contributed by atoms with E-state index in [1.54, 1.807) is 0 Å². The first-order chi connectivity index (χ1) is 25.3. The van der Waals surface area contributed by atoms with Crippen LogP contribution in [0, 0.1) is 5.41 Å². The lowest BCUT2D eigenvalue weighted by molar-refractivity contribution is -0.138. The molecule has 0 atom stereocenters. The third-order valence-electron chi connectivity index (χ3n) is 8.32. The van der Waals surface area contributed by atoms with Crippen LogP contribution < -0.4 is 0 Å². The second kappa shape index (κ2) is 51.8. The van der Waals surface area contributed by atoms with Gasteiger partial charge in [-0.25, -0.2) is 0 Å². The van der Waals surface area contributed by atoms with E-state index in [1.165, 1.54) is 103 Å². The molecular weight excluding hydrogens is 684 g/mol. The van der Waals surface area contributed by atoms with Gasteiger partial charge in [0.15, 0.2) is 0 Å². The molecule has 0 heterocycles. The van der Waals surface area contributed by atoms with Gasteiger partial charge >= 0.3 is 23.9 Å². The van der Waals surface area contributed by atoms with E-state index in [2.05, 4.69) is 27.7 Å². The van der Waals surface area contributed by atoms with Crippen molar-refractivity contribution in [2.24, 2.45) is 5.41 Å². The molecule has 0 bridgehead atoms. The number of aliphatic carboxylic acids is 4. The number of carboxylic acids is 4. The molecule has 0 aliphatic rings. The van der Waals surface area contributed by atoms with E-state index in [0.29, 0.717) is 25.7 Å². The zero-order valence-corrected chi connectivity index (χ0v) is 34.3. The highest BCUT2D eigenvalue weighted by molar-refractivity contribution is 5.67. The number of hydrogen-bond donors (Lipinski definition) is 8. The summed E-state index contributed by atoms with van der Waals surface area (Å²) < 4.78 is 0. The van der Waals surface area contributed by atoms with Crippen molar-refractivity contribution in [1.82, 2.24) is 0 Å². The minimum Gasteiger partial charge on any atom is -0.481 e. The van der Waals surface area contributed by atoms with Gasteiger partial charge in [-0.3, -0.25) is 19.2 Å². The minimum atomic E-state index is -1.11. The molecule has 12 nitrogen and oxygen atoms in total. The molecule has 0 saturated carbocycles. The van der Waals surface area contributed by atoms with Crippen LogP contribution in [-0.4, -0.2) is 91.2 Å². The van der Waals surface area contributed by atoms with Crippen LogP contribution >= 0.6 is 0 Å². The zero-order valence-electron chi connectivity index (χ0n) is 34.3. The van der Waals surface area contributed by atoms with Crippen molar-refractivity contribution >= 4 is 23.9 Å². The molecule has 0 saturated heterocycles. The molecule has 8 N–H and O–H groups in total. The van der Waals surface area contributed by atoms with Crippen LogP contribution in [0.1, 0.15) is 207 Å². The van der Waals surface area contributed by atoms with Crippen molar-refractivity contribution < 1.29 is 60.0 Å². The molecule has 320 valence electrons. The first-order valence-electron chi connectivity index (χ1n) is 20.6. The van der Waals surface area contributed by atoms with Crippen molar-refractivity contribution in [2.45, 2.75) is 207 Å². The molecule has 53 heavy (non-hydrogen) atoms. The van der Waals surface area contributed by atoms with Gasteiger partial charge in [-0.2, -0.15) is 0 Å². The Morgan fingerprint density at radius 1 is 0.302 bits per heavy atom. The number of aliphatic hydroxyl groups excluding tert-OH is 4. The van der Waals surface area contributed by atoms with Crippen LogP contribution in [0.3, 0.4) is 0 Å². The van der Waals surface area contributed by atoms with E-state index in [9.17, 15) is 19.2 Å². The lowest BCUT2D eigenvalue weighted by atomic mass is 9.93. The van der Waals surface area contributed by atoms with Crippen molar-refractivity contribution in [3.63, 3.8) is 0 Å². The summed E-state index contributed by atoms with van der Waals surface area (Å²) in [5, 5.41) is 67.3. The van der Waals surface area contributed by atoms with Gasteiger partial charge in [0, 0.05) is 25.7 Å². The molecule has 0 aromatic heterocycles. The third kappa shape index (κ3) is 65.0. The van der Waals surface area contributed by atoms with Gasteiger partial charge in [-0.15, -0.1) is 0 Å². The number of carboxylic acid groups (broad SMARTS) is 4. The van der Waals surface area contributed by atoms with E-state index < -0.39 is 55.7 Å². The number of carbonyl (C=O) groups is 4. The van der Waals surface area contributed by atoms with E-state index in [4.69, 9.17) is 40.9 Å². The fourth-order valence-electron chi connectivity index (χ4n) is 4.53. The van der Waals surface area contributed by atoms with Gasteiger partial charge in [0.05, 0.1) is 31.8 Å². The van der Waals surface area contributed by atoms with E-state index >= 15 is 0 Å². The molecule has 0 aromatic rings. The Hall–Kier alpha value is -2.28. The molecule has 0 radical (unpaired) electrons. The Kier molecular flexibility index (Phi) is 58.7. The second-order valence-corrected chi connectivity index (χ2v) is 13.8. The van der Waals surface area contributed by atoms with Crippen LogP contribution in [0.4, 0.5) is 0 Å². The Bertz CT molecular complexity index is 636. The van der Waals surface area contributed by atoms with Gasteiger partial charge in [-0.05, 0) is 25.7 Å². The average Bonchev–Trinajstić information content (AvgIpc) is 3.13. The summed E-state index contributed by atoms with van der Waals surface area (Å²) in [6.07, 6.45) is 29.0. The zero-order chi connectivity index (χ0) is 41.4. The van der Waals surface area contributed by atoms with Gasteiger partial charge < -0.3 is 40.9 Å². The standard InChI is InChI=1S/4C9H18O2.C5H12O4/c4*1-2-3-4-5-6-7-8-9(10)11;6-1-5(2-7,3-8)4-9/h4*2-8H2,1H3,(H,10,11);6-9H,1-4H2. The molecule has 0 aromatic carbocycles. The summed E-state index contributed by atoms with van der Waals surface area (Å²) in [5.74, 6) is -2.66. The normalized spacial score (nSPS) is 10.3. The summed E-state index contributed by atoms with van der Waals surface area (Å²) in [7, 11) is 0. The van der Waals surface area contributed by atoms with Gasteiger partial charge in [0.2, 0.25) is 0 Å². The highest BCUT2D eigenvalue weighted by atomic mass is 16.4. The maximum absolute atomic E-state index is 10.1. The monoisotopic (exact) mass is 769 g/mol. The predicted octanol–water partition coefficient (Wildman–Crippen LogP) is 9.23. The number of rotatable bonds is 32. The second-order valence-electron chi connectivity index (χ2n) is 13.8. The topological polar surface area (TPSA) is 230 Å². The Morgan fingerprint density at radius 2 is 0.453 bits per heavy atom. The van der Waals surface area contributed by atoms with Crippen LogP contribution in [0.2, 0.25) is 0 Å². The number of hydrogen-bond acceptors (Lipinski definition) is 8. The lowest BCUT2D eigenvalue weighted by Crippen LogP contribution is -2.37. The molecule has 12 heteroatoms. The summed E-state index contributed by atoms with van der Waals surface area (Å²) in [6, 6.07) is 0. The predicted molar refractivity (Wildman–Crippen MR) is 213 cm³/mol. The Labute approximate surface area is 322 Å². The van der Waals surface area contributed by atoms with Crippen LogP contribution in [0.5, 0.6) is 0 Å². The Morgan fingerprint density at radius 3 is 0.566 bits per heavy atom. The molecule has 0 spiro atoms. The van der Waals surface area contributed by atoms with Gasteiger partial charge in [0.1, 0.15) is 0 Å². The SMILES string of the molecule is CCCCCCCCC(=O)O.CCCCCCCCC(=O)O.CCCCCCCCC(=O)O.CCCCCCCCC(=O)O.OCC(CO)(CO)CO. The molecule has 0 fully saturated rings. The summed E-state index contributed by atoms with van der Waals surface area (Å²) >= 11 is 0. The van der Waals surface area contributed by atoms with Crippen LogP contribution in [0.25, 0.3) is 0 Å². The van der Waals surface area contributed by atoms with E-state index in [-0.39, 0.29) is 0 Å². The largest absolute Gasteiger partial charge is 0.481 e. The smallest absolute Gasteiger partial charge is 0.303 e. The van der Waals surface area contributed by atoms with Crippen molar-refractivity contribution in [3.05, 3.63) is 0 Å². The number of unbranched alkanes of at least 4 members (excludes halogenated alkanes) is 20. The summed E-state index contributed by atoms with van der Waals surface area (Å²) in [5.41, 5.74) is -1.11.